The normalized spacial score (nSPS) is 13.2. The molecular weight excluding hydrogens is 340 g/mol. The quantitative estimate of drug-likeness (QED) is 0.255. The summed E-state index contributed by atoms with van der Waals surface area (Å²) in [6, 6.07) is 4.35. The van der Waals surface area contributed by atoms with Crippen molar-refractivity contribution < 1.29 is 14.4 Å². The van der Waals surface area contributed by atoms with Gasteiger partial charge in [-0.3, -0.25) is 4.79 Å². The predicted octanol–water partition coefficient (Wildman–Crippen LogP) is 1.75. The third-order valence-electron chi connectivity index (χ3n) is 2.16. The molecule has 0 aliphatic carbocycles. The third kappa shape index (κ3) is 3.29. The van der Waals surface area contributed by atoms with Crippen LogP contribution in [0, 0.1) is 15.3 Å². The van der Waals surface area contributed by atoms with Crippen LogP contribution in [0.3, 0.4) is 0 Å². The Bertz CT molecular complexity index is 465. The maximum absolute atomic E-state index is 13.2. The van der Waals surface area contributed by atoms with Crippen molar-refractivity contribution in [3.05, 3.63) is 27.6 Å². The molecule has 0 spiro atoms. The summed E-state index contributed by atoms with van der Waals surface area (Å²) in [7, 11) is 0. The van der Waals surface area contributed by atoms with Gasteiger partial charge in [-0.25, -0.2) is 4.39 Å². The van der Waals surface area contributed by atoms with Crippen LogP contribution in [-0.2, 0) is 4.79 Å². The molecule has 1 unspecified atom stereocenters. The molecule has 0 heterocycles. The van der Waals surface area contributed by atoms with Gasteiger partial charge in [-0.15, -0.1) is 0 Å². The molecule has 92 valence electrons. The summed E-state index contributed by atoms with van der Waals surface area (Å²) in [5.74, 6) is -1.88. The van der Waals surface area contributed by atoms with Crippen LogP contribution in [0.4, 0.5) is 10.1 Å². The van der Waals surface area contributed by atoms with Crippen molar-refractivity contribution in [2.45, 2.75) is 6.92 Å². The summed E-state index contributed by atoms with van der Waals surface area (Å²) in [5, 5.41) is 13.7. The van der Waals surface area contributed by atoms with Gasteiger partial charge in [-0.05, 0) is 41.6 Å². The lowest BCUT2D eigenvalue weighted by Gasteiger charge is -2.12. The van der Waals surface area contributed by atoms with Gasteiger partial charge in [0.15, 0.2) is 5.84 Å². The van der Waals surface area contributed by atoms with Gasteiger partial charge in [0, 0.05) is 0 Å². The van der Waals surface area contributed by atoms with E-state index in [2.05, 4.69) is 10.5 Å². The van der Waals surface area contributed by atoms with E-state index in [1.54, 1.807) is 28.7 Å². The van der Waals surface area contributed by atoms with Gasteiger partial charge in [0.05, 0.1) is 15.2 Å². The Morgan fingerprint density at radius 3 is 2.88 bits per heavy atom. The Kier molecular flexibility index (Phi) is 4.67. The van der Waals surface area contributed by atoms with E-state index in [0.29, 0.717) is 9.26 Å². The highest BCUT2D eigenvalue weighted by Crippen LogP contribution is 2.21. The fraction of sp³-hybridized carbons (Fsp3) is 0.200. The number of rotatable bonds is 3. The number of carbonyl (C=O) groups excluding carboxylic acids is 1. The summed E-state index contributed by atoms with van der Waals surface area (Å²) in [6.07, 6.45) is 0. The van der Waals surface area contributed by atoms with Gasteiger partial charge in [0.2, 0.25) is 5.91 Å². The zero-order chi connectivity index (χ0) is 13.0. The minimum atomic E-state index is -0.793. The van der Waals surface area contributed by atoms with Gasteiger partial charge in [-0.2, -0.15) is 0 Å². The number of benzene rings is 1. The van der Waals surface area contributed by atoms with Crippen LogP contribution >= 0.6 is 22.6 Å². The number of hydrogen-bond donors (Lipinski definition) is 3. The number of carbonyl (C=O) groups is 1. The number of halogens is 2. The first kappa shape index (κ1) is 13.7. The molecule has 0 saturated heterocycles. The van der Waals surface area contributed by atoms with Crippen molar-refractivity contribution in [1.82, 2.24) is 0 Å². The molecule has 0 bridgehead atoms. The summed E-state index contributed by atoms with van der Waals surface area (Å²) in [4.78, 5) is 11.7. The predicted molar refractivity (Wildman–Crippen MR) is 70.3 cm³/mol. The number of anilines is 1. The molecule has 1 rings (SSSR count). The minimum absolute atomic E-state index is 0.200. The van der Waals surface area contributed by atoms with Crippen LogP contribution in [0.2, 0.25) is 0 Å². The standard InChI is InChI=1S/C10H11FIN3O2/c1-5(9(13)15-17)10(16)14-7-4-2-3-6(11)8(7)12/h2-5,17H,1H3,(H2,13,15)(H,14,16). The van der Waals surface area contributed by atoms with E-state index < -0.39 is 17.6 Å². The first-order valence-electron chi connectivity index (χ1n) is 4.69. The Balaban J connectivity index is 2.85. The minimum Gasteiger partial charge on any atom is -0.409 e. The Hall–Kier alpha value is -1.38. The number of nitrogens with two attached hydrogens (primary N) is 1. The number of nitrogens with zero attached hydrogens (tertiary/aromatic N) is 1. The van der Waals surface area contributed by atoms with Crippen molar-refractivity contribution in [3.63, 3.8) is 0 Å². The largest absolute Gasteiger partial charge is 0.409 e. The van der Waals surface area contributed by atoms with Crippen LogP contribution in [0.5, 0.6) is 0 Å². The smallest absolute Gasteiger partial charge is 0.234 e. The van der Waals surface area contributed by atoms with Crippen LogP contribution in [0.15, 0.2) is 23.4 Å². The summed E-state index contributed by atoms with van der Waals surface area (Å²) in [6.45, 7) is 1.48. The number of amidine groups is 1. The van der Waals surface area contributed by atoms with Crippen molar-refractivity contribution in [3.8, 4) is 0 Å². The number of hydrogen-bond acceptors (Lipinski definition) is 3. The average molecular weight is 351 g/mol. The van der Waals surface area contributed by atoms with Gasteiger partial charge < -0.3 is 16.3 Å². The molecule has 1 atom stereocenters. The van der Waals surface area contributed by atoms with Crippen LogP contribution < -0.4 is 11.1 Å². The van der Waals surface area contributed by atoms with Gasteiger partial charge >= 0.3 is 0 Å². The molecule has 17 heavy (non-hydrogen) atoms. The second kappa shape index (κ2) is 5.80. The molecule has 0 fully saturated rings. The van der Waals surface area contributed by atoms with E-state index in [-0.39, 0.29) is 5.84 Å². The van der Waals surface area contributed by atoms with Crippen LogP contribution in [-0.4, -0.2) is 17.0 Å². The lowest BCUT2D eigenvalue weighted by molar-refractivity contribution is -0.117. The molecule has 4 N–H and O–H groups in total. The molecule has 1 aromatic rings. The van der Waals surface area contributed by atoms with E-state index in [9.17, 15) is 9.18 Å². The van der Waals surface area contributed by atoms with E-state index >= 15 is 0 Å². The number of amides is 1. The zero-order valence-corrected chi connectivity index (χ0v) is 11.1. The lowest BCUT2D eigenvalue weighted by atomic mass is 10.1. The van der Waals surface area contributed by atoms with E-state index in [1.165, 1.54) is 19.1 Å². The summed E-state index contributed by atoms with van der Waals surface area (Å²) in [5.41, 5.74) is 5.66. The SMILES string of the molecule is CC(C(=O)Nc1cccc(F)c1I)/C(N)=N/O. The van der Waals surface area contributed by atoms with Crippen molar-refractivity contribution >= 4 is 40.0 Å². The Labute approximate surface area is 111 Å². The monoisotopic (exact) mass is 351 g/mol. The highest BCUT2D eigenvalue weighted by molar-refractivity contribution is 14.1. The number of oxime groups is 1. The van der Waals surface area contributed by atoms with E-state index in [4.69, 9.17) is 10.9 Å². The molecular formula is C10H11FIN3O2. The Morgan fingerprint density at radius 1 is 1.65 bits per heavy atom. The molecule has 0 radical (unpaired) electrons. The summed E-state index contributed by atoms with van der Waals surface area (Å²) < 4.78 is 13.5. The van der Waals surface area contributed by atoms with Crippen LogP contribution in [0.25, 0.3) is 0 Å². The molecule has 0 aromatic heterocycles. The van der Waals surface area contributed by atoms with Gasteiger partial charge in [-0.1, -0.05) is 11.2 Å². The van der Waals surface area contributed by atoms with Crippen molar-refractivity contribution in [2.75, 3.05) is 5.32 Å². The molecule has 7 heteroatoms. The van der Waals surface area contributed by atoms with Crippen LogP contribution in [0.1, 0.15) is 6.92 Å². The first-order chi connectivity index (χ1) is 7.97. The van der Waals surface area contributed by atoms with E-state index in [0.717, 1.165) is 0 Å². The topological polar surface area (TPSA) is 87.7 Å². The third-order valence-corrected chi connectivity index (χ3v) is 3.26. The second-order valence-electron chi connectivity index (χ2n) is 3.34. The molecule has 0 saturated carbocycles. The first-order valence-corrected chi connectivity index (χ1v) is 5.77. The number of nitrogens with one attached hydrogen (secondary N) is 1. The van der Waals surface area contributed by atoms with Crippen molar-refractivity contribution in [1.29, 1.82) is 0 Å². The second-order valence-corrected chi connectivity index (χ2v) is 4.42. The maximum atomic E-state index is 13.2. The maximum Gasteiger partial charge on any atom is 0.234 e. The molecule has 0 aliphatic heterocycles. The molecule has 1 amide bonds. The van der Waals surface area contributed by atoms with Crippen molar-refractivity contribution in [2.24, 2.45) is 16.8 Å². The van der Waals surface area contributed by atoms with E-state index in [1.807, 2.05) is 0 Å². The Morgan fingerprint density at radius 2 is 2.29 bits per heavy atom. The summed E-state index contributed by atoms with van der Waals surface area (Å²) >= 11 is 1.79. The van der Waals surface area contributed by atoms with Gasteiger partial charge in [0.1, 0.15) is 5.82 Å². The highest BCUT2D eigenvalue weighted by atomic mass is 127. The molecule has 5 nitrogen and oxygen atoms in total. The van der Waals surface area contributed by atoms with Gasteiger partial charge in [0.25, 0.3) is 0 Å². The fourth-order valence-electron chi connectivity index (χ4n) is 1.06. The average Bonchev–Trinajstić information content (AvgIpc) is 2.32. The lowest BCUT2D eigenvalue weighted by Crippen LogP contribution is -2.32. The molecule has 1 aromatic carbocycles. The zero-order valence-electron chi connectivity index (χ0n) is 8.95. The fourth-order valence-corrected chi connectivity index (χ4v) is 1.56. The highest BCUT2D eigenvalue weighted by Gasteiger charge is 2.18. The molecule has 0 aliphatic rings.